The molecule has 0 heterocycles. The largest absolute Gasteiger partial charge is 0.466 e. The third-order valence-corrected chi connectivity index (χ3v) is 1.94. The number of ether oxygens (including phenoxy) is 1. The van der Waals surface area contributed by atoms with Crippen LogP contribution in [0.2, 0.25) is 0 Å². The molecule has 0 aliphatic carbocycles. The van der Waals surface area contributed by atoms with Crippen molar-refractivity contribution in [1.82, 2.24) is 10.6 Å². The maximum Gasteiger partial charge on any atom is 0.309 e. The Hall–Kier alpha value is -0.650. The third kappa shape index (κ3) is 8.35. The minimum atomic E-state index is -0.139. The monoisotopic (exact) mass is 217 g/mol. The van der Waals surface area contributed by atoms with Crippen LogP contribution in [0.15, 0.2) is 0 Å². The highest BCUT2D eigenvalue weighted by Crippen LogP contribution is 1.95. The molecule has 4 N–H and O–H groups in total. The summed E-state index contributed by atoms with van der Waals surface area (Å²) in [5, 5.41) is 6.34. The van der Waals surface area contributed by atoms with Gasteiger partial charge in [0.1, 0.15) is 0 Å². The van der Waals surface area contributed by atoms with Crippen molar-refractivity contribution in [3.8, 4) is 0 Å². The van der Waals surface area contributed by atoms with Gasteiger partial charge in [-0.3, -0.25) is 4.79 Å². The lowest BCUT2D eigenvalue weighted by Gasteiger charge is -2.11. The van der Waals surface area contributed by atoms with Gasteiger partial charge in [0.05, 0.1) is 12.5 Å². The molecule has 0 rings (SSSR count). The lowest BCUT2D eigenvalue weighted by atomic mass is 10.2. The maximum atomic E-state index is 11.2. The summed E-state index contributed by atoms with van der Waals surface area (Å²) in [7, 11) is 0. The second kappa shape index (κ2) is 9.89. The Labute approximate surface area is 91.7 Å². The first kappa shape index (κ1) is 14.3. The van der Waals surface area contributed by atoms with E-state index in [2.05, 4.69) is 10.6 Å². The normalized spacial score (nSPS) is 12.5. The van der Waals surface area contributed by atoms with E-state index in [-0.39, 0.29) is 11.9 Å². The number of carbonyl (C=O) groups is 1. The Kier molecular flexibility index (Phi) is 9.46. The molecule has 0 aromatic carbocycles. The third-order valence-electron chi connectivity index (χ3n) is 1.94. The van der Waals surface area contributed by atoms with Crippen molar-refractivity contribution in [3.63, 3.8) is 0 Å². The zero-order valence-corrected chi connectivity index (χ0v) is 9.71. The van der Waals surface area contributed by atoms with Crippen molar-refractivity contribution in [3.05, 3.63) is 0 Å². The van der Waals surface area contributed by atoms with Gasteiger partial charge >= 0.3 is 5.97 Å². The summed E-state index contributed by atoms with van der Waals surface area (Å²) in [6, 6.07) is 0. The molecule has 0 amide bonds. The van der Waals surface area contributed by atoms with Gasteiger partial charge in [-0.2, -0.15) is 0 Å². The molecule has 0 aromatic heterocycles. The van der Waals surface area contributed by atoms with Crippen LogP contribution in [0.5, 0.6) is 0 Å². The van der Waals surface area contributed by atoms with Crippen molar-refractivity contribution < 1.29 is 9.53 Å². The van der Waals surface area contributed by atoms with Gasteiger partial charge in [0, 0.05) is 32.7 Å². The zero-order chi connectivity index (χ0) is 11.5. The van der Waals surface area contributed by atoms with Gasteiger partial charge in [0.25, 0.3) is 0 Å². The van der Waals surface area contributed by atoms with Crippen LogP contribution >= 0.6 is 0 Å². The molecule has 0 saturated carbocycles. The Morgan fingerprint density at radius 2 is 2.00 bits per heavy atom. The summed E-state index contributed by atoms with van der Waals surface area (Å²) < 4.78 is 4.89. The molecule has 0 saturated heterocycles. The molecule has 5 heteroatoms. The molecule has 1 unspecified atom stereocenters. The average molecular weight is 217 g/mol. The van der Waals surface area contributed by atoms with Crippen LogP contribution in [0.25, 0.3) is 0 Å². The molecule has 1 atom stereocenters. The smallest absolute Gasteiger partial charge is 0.309 e. The van der Waals surface area contributed by atoms with Crippen LogP contribution in [0.4, 0.5) is 0 Å². The van der Waals surface area contributed by atoms with E-state index in [1.807, 2.05) is 13.8 Å². The summed E-state index contributed by atoms with van der Waals surface area (Å²) in [5.41, 5.74) is 5.32. The lowest BCUT2D eigenvalue weighted by Crippen LogP contribution is -2.34. The zero-order valence-electron chi connectivity index (χ0n) is 9.71. The Morgan fingerprint density at radius 3 is 2.60 bits per heavy atom. The fraction of sp³-hybridized carbons (Fsp3) is 0.900. The molecule has 15 heavy (non-hydrogen) atoms. The van der Waals surface area contributed by atoms with Crippen molar-refractivity contribution in [2.24, 2.45) is 11.7 Å². The second-order valence-electron chi connectivity index (χ2n) is 3.40. The number of rotatable bonds is 9. The van der Waals surface area contributed by atoms with Crippen molar-refractivity contribution in [2.75, 3.05) is 39.3 Å². The topological polar surface area (TPSA) is 76.4 Å². The van der Waals surface area contributed by atoms with Crippen LogP contribution < -0.4 is 16.4 Å². The van der Waals surface area contributed by atoms with Crippen molar-refractivity contribution in [2.45, 2.75) is 13.8 Å². The molecule has 0 spiro atoms. The van der Waals surface area contributed by atoms with Crippen LogP contribution in [0, 0.1) is 5.92 Å². The molecule has 0 radical (unpaired) electrons. The predicted molar refractivity (Wildman–Crippen MR) is 60.6 cm³/mol. The minimum absolute atomic E-state index is 0.0838. The first-order valence-corrected chi connectivity index (χ1v) is 5.50. The van der Waals surface area contributed by atoms with E-state index in [0.717, 1.165) is 19.6 Å². The van der Waals surface area contributed by atoms with Crippen molar-refractivity contribution >= 4 is 5.97 Å². The fourth-order valence-electron chi connectivity index (χ4n) is 1.09. The van der Waals surface area contributed by atoms with Crippen LogP contribution in [0.1, 0.15) is 13.8 Å². The average Bonchev–Trinajstić information content (AvgIpc) is 2.23. The van der Waals surface area contributed by atoms with E-state index >= 15 is 0 Å². The minimum Gasteiger partial charge on any atom is -0.466 e. The quantitative estimate of drug-likeness (QED) is 0.352. The summed E-state index contributed by atoms with van der Waals surface area (Å²) in [6.45, 7) is 7.96. The summed E-state index contributed by atoms with van der Waals surface area (Å²) in [4.78, 5) is 11.2. The predicted octanol–water partition coefficient (Wildman–Crippen LogP) is -0.676. The van der Waals surface area contributed by atoms with Gasteiger partial charge in [0.2, 0.25) is 0 Å². The summed E-state index contributed by atoms with van der Waals surface area (Å²) >= 11 is 0. The SMILES string of the molecule is CCOC(=O)C(C)CNCCNCCN. The Bertz CT molecular complexity index is 165. The van der Waals surface area contributed by atoms with E-state index in [0.29, 0.717) is 19.7 Å². The molecule has 0 aromatic rings. The lowest BCUT2D eigenvalue weighted by molar-refractivity contribution is -0.147. The number of esters is 1. The Morgan fingerprint density at radius 1 is 1.33 bits per heavy atom. The number of nitrogens with one attached hydrogen (secondary N) is 2. The van der Waals surface area contributed by atoms with Gasteiger partial charge in [0.15, 0.2) is 0 Å². The number of carbonyl (C=O) groups excluding carboxylic acids is 1. The van der Waals surface area contributed by atoms with Gasteiger partial charge in [-0.05, 0) is 6.92 Å². The van der Waals surface area contributed by atoms with Crippen LogP contribution in [-0.4, -0.2) is 45.3 Å². The number of nitrogens with two attached hydrogens (primary N) is 1. The first-order chi connectivity index (χ1) is 7.22. The van der Waals surface area contributed by atoms with Gasteiger partial charge in [-0.25, -0.2) is 0 Å². The highest BCUT2D eigenvalue weighted by molar-refractivity contribution is 5.72. The number of hydrogen-bond acceptors (Lipinski definition) is 5. The number of hydrogen-bond donors (Lipinski definition) is 3. The van der Waals surface area contributed by atoms with Crippen LogP contribution in [-0.2, 0) is 9.53 Å². The summed E-state index contributed by atoms with van der Waals surface area (Å²) in [5.74, 6) is -0.223. The maximum absolute atomic E-state index is 11.2. The molecule has 0 bridgehead atoms. The Balaban J connectivity index is 3.30. The van der Waals surface area contributed by atoms with Crippen molar-refractivity contribution in [1.29, 1.82) is 0 Å². The highest BCUT2D eigenvalue weighted by Gasteiger charge is 2.12. The van der Waals surface area contributed by atoms with E-state index in [1.54, 1.807) is 0 Å². The van der Waals surface area contributed by atoms with Crippen LogP contribution in [0.3, 0.4) is 0 Å². The molecular weight excluding hydrogens is 194 g/mol. The van der Waals surface area contributed by atoms with E-state index in [1.165, 1.54) is 0 Å². The van der Waals surface area contributed by atoms with Gasteiger partial charge < -0.3 is 21.1 Å². The highest BCUT2D eigenvalue weighted by atomic mass is 16.5. The van der Waals surface area contributed by atoms with E-state index in [4.69, 9.17) is 10.5 Å². The second-order valence-corrected chi connectivity index (χ2v) is 3.40. The first-order valence-electron chi connectivity index (χ1n) is 5.50. The van der Waals surface area contributed by atoms with E-state index in [9.17, 15) is 4.79 Å². The van der Waals surface area contributed by atoms with Gasteiger partial charge in [-0.15, -0.1) is 0 Å². The van der Waals surface area contributed by atoms with Gasteiger partial charge in [-0.1, -0.05) is 6.92 Å². The molecule has 0 fully saturated rings. The molecule has 0 aliphatic rings. The standard InChI is InChI=1S/C10H23N3O2/c1-3-15-10(14)9(2)8-13-7-6-12-5-4-11/h9,12-13H,3-8,11H2,1-2H3. The van der Waals surface area contributed by atoms with E-state index < -0.39 is 0 Å². The molecule has 90 valence electrons. The molecule has 0 aliphatic heterocycles. The molecular formula is C10H23N3O2. The summed E-state index contributed by atoms with van der Waals surface area (Å²) in [6.07, 6.45) is 0. The fourth-order valence-corrected chi connectivity index (χ4v) is 1.09. The molecule has 5 nitrogen and oxygen atoms in total.